The van der Waals surface area contributed by atoms with Gasteiger partial charge in [-0.15, -0.1) is 0 Å². The maximum Gasteiger partial charge on any atom is 0.460 e. The summed E-state index contributed by atoms with van der Waals surface area (Å²) in [6.07, 6.45) is -11.3. The molecule has 196 valence electrons. The Hall–Kier alpha value is -4.48. The highest BCUT2D eigenvalue weighted by atomic mass is 19.4. The number of hydrogen-bond donors (Lipinski definition) is 4. The standard InChI is InChI=1S/C19H10F10N8/c20-16(21,18(25,26)19(27,28)29)9-3-6(1-2-8(9)17(22,23)24)12-10-11(32)7(4-30)13(33)36-14(10)37-15(35-12)34-5-31/h1-3,12H,(H6,32,33,34,35,36,37). The molecule has 0 saturated carbocycles. The SMILES string of the molecule is N#CNC1=NC(c2ccc(C(F)(F)F)c(C(F)(F)C(F)(F)C(F)(F)F)c2)c2c(nc(N)c(C#N)c2N)N1. The number of hydrogen-bond acceptors (Lipinski definition) is 8. The van der Waals surface area contributed by atoms with Crippen LogP contribution in [-0.2, 0) is 12.1 Å². The number of halogens is 10. The van der Waals surface area contributed by atoms with E-state index >= 15 is 0 Å². The van der Waals surface area contributed by atoms with Crippen LogP contribution in [0, 0.1) is 22.8 Å². The van der Waals surface area contributed by atoms with Gasteiger partial charge in [0.05, 0.1) is 11.3 Å². The molecule has 37 heavy (non-hydrogen) atoms. The number of fused-ring (bicyclic) bond motifs is 1. The lowest BCUT2D eigenvalue weighted by Gasteiger charge is -2.31. The Labute approximate surface area is 199 Å². The molecule has 1 aromatic carbocycles. The molecular formula is C19H10F10N8. The Morgan fingerprint density at radius 2 is 1.57 bits per heavy atom. The van der Waals surface area contributed by atoms with Crippen LogP contribution in [0.15, 0.2) is 23.2 Å². The van der Waals surface area contributed by atoms with E-state index < -0.39 is 70.0 Å². The molecule has 6 N–H and O–H groups in total. The topological polar surface area (TPSA) is 149 Å². The van der Waals surface area contributed by atoms with E-state index in [0.717, 1.165) is 0 Å². The smallest absolute Gasteiger partial charge is 0.397 e. The number of aromatic nitrogens is 1. The van der Waals surface area contributed by atoms with Gasteiger partial charge in [0, 0.05) is 11.1 Å². The number of nitrogens with zero attached hydrogens (tertiary/aromatic N) is 4. The quantitative estimate of drug-likeness (QED) is 0.257. The molecule has 0 bridgehead atoms. The second-order valence-corrected chi connectivity index (χ2v) is 7.35. The number of aliphatic imine (C=N–C) groups is 1. The van der Waals surface area contributed by atoms with Gasteiger partial charge in [0.25, 0.3) is 0 Å². The van der Waals surface area contributed by atoms with Crippen molar-refractivity contribution in [2.45, 2.75) is 30.2 Å². The van der Waals surface area contributed by atoms with Gasteiger partial charge in [-0.05, 0) is 17.7 Å². The number of pyridine rings is 1. The summed E-state index contributed by atoms with van der Waals surface area (Å²) >= 11 is 0. The molecule has 1 aliphatic heterocycles. The molecule has 2 aromatic rings. The number of rotatable bonds is 3. The van der Waals surface area contributed by atoms with Crippen molar-refractivity contribution in [2.75, 3.05) is 16.8 Å². The zero-order valence-corrected chi connectivity index (χ0v) is 17.5. The van der Waals surface area contributed by atoms with Crippen LogP contribution in [0.4, 0.5) is 61.2 Å². The summed E-state index contributed by atoms with van der Waals surface area (Å²) in [5.41, 5.74) is 4.17. The lowest BCUT2D eigenvalue weighted by atomic mass is 9.89. The zero-order valence-electron chi connectivity index (χ0n) is 17.5. The van der Waals surface area contributed by atoms with Gasteiger partial charge in [-0.2, -0.15) is 54.4 Å². The molecule has 8 nitrogen and oxygen atoms in total. The number of anilines is 3. The molecule has 1 unspecified atom stereocenters. The van der Waals surface area contributed by atoms with E-state index in [2.05, 4.69) is 15.3 Å². The van der Waals surface area contributed by atoms with Crippen molar-refractivity contribution < 1.29 is 43.9 Å². The molecule has 0 spiro atoms. The minimum Gasteiger partial charge on any atom is -0.397 e. The fourth-order valence-electron chi connectivity index (χ4n) is 3.41. The summed E-state index contributed by atoms with van der Waals surface area (Å²) in [5.74, 6) is -14.6. The molecule has 0 amide bonds. The predicted molar refractivity (Wildman–Crippen MR) is 106 cm³/mol. The van der Waals surface area contributed by atoms with Gasteiger partial charge in [-0.1, -0.05) is 6.07 Å². The van der Waals surface area contributed by atoms with E-state index in [1.54, 1.807) is 6.07 Å². The predicted octanol–water partition coefficient (Wildman–Crippen LogP) is 4.37. The Morgan fingerprint density at radius 3 is 2.08 bits per heavy atom. The van der Waals surface area contributed by atoms with Crippen molar-refractivity contribution in [1.82, 2.24) is 10.3 Å². The Balaban J connectivity index is 2.37. The van der Waals surface area contributed by atoms with Gasteiger partial charge >= 0.3 is 24.2 Å². The molecule has 0 aliphatic carbocycles. The van der Waals surface area contributed by atoms with Gasteiger partial charge < -0.3 is 16.8 Å². The van der Waals surface area contributed by atoms with E-state index in [0.29, 0.717) is 6.07 Å². The van der Waals surface area contributed by atoms with Crippen LogP contribution in [0.25, 0.3) is 0 Å². The largest absolute Gasteiger partial charge is 0.460 e. The molecule has 1 aliphatic rings. The number of alkyl halides is 10. The van der Waals surface area contributed by atoms with Crippen LogP contribution in [0.5, 0.6) is 0 Å². The summed E-state index contributed by atoms with van der Waals surface area (Å²) in [5, 5.41) is 22.5. The van der Waals surface area contributed by atoms with Crippen molar-refractivity contribution in [2.24, 2.45) is 4.99 Å². The number of benzene rings is 1. The molecule has 0 fully saturated rings. The molecule has 0 radical (unpaired) electrons. The third-order valence-corrected chi connectivity index (χ3v) is 5.11. The third kappa shape index (κ3) is 4.34. The van der Waals surface area contributed by atoms with Crippen molar-refractivity contribution in [1.29, 1.82) is 10.5 Å². The van der Waals surface area contributed by atoms with Gasteiger partial charge in [-0.3, -0.25) is 5.32 Å². The van der Waals surface area contributed by atoms with Gasteiger partial charge in [0.2, 0.25) is 5.96 Å². The zero-order chi connectivity index (χ0) is 28.1. The van der Waals surface area contributed by atoms with Gasteiger partial charge in [-0.25, -0.2) is 9.98 Å². The minimum absolute atomic E-state index is 0.133. The highest BCUT2D eigenvalue weighted by molar-refractivity contribution is 5.98. The summed E-state index contributed by atoms with van der Waals surface area (Å²) in [6, 6.07) is -0.139. The summed E-state index contributed by atoms with van der Waals surface area (Å²) in [6.45, 7) is 0. The number of nitrogens with two attached hydrogens (primary N) is 2. The van der Waals surface area contributed by atoms with Crippen LogP contribution in [0.2, 0.25) is 0 Å². The monoisotopic (exact) mass is 540 g/mol. The second-order valence-electron chi connectivity index (χ2n) is 7.35. The van der Waals surface area contributed by atoms with Crippen LogP contribution in [-0.4, -0.2) is 23.0 Å². The van der Waals surface area contributed by atoms with Crippen molar-refractivity contribution in [3.8, 4) is 12.3 Å². The third-order valence-electron chi connectivity index (χ3n) is 5.11. The lowest BCUT2D eigenvalue weighted by Crippen LogP contribution is -2.50. The highest BCUT2D eigenvalue weighted by Gasteiger charge is 2.74. The fourth-order valence-corrected chi connectivity index (χ4v) is 3.41. The number of nitrogens with one attached hydrogen (secondary N) is 2. The summed E-state index contributed by atoms with van der Waals surface area (Å²) in [4.78, 5) is 7.63. The molecule has 2 heterocycles. The molecule has 18 heteroatoms. The first-order valence-electron chi connectivity index (χ1n) is 9.41. The van der Waals surface area contributed by atoms with Crippen LogP contribution in [0.1, 0.15) is 33.9 Å². The van der Waals surface area contributed by atoms with Crippen molar-refractivity contribution in [3.63, 3.8) is 0 Å². The van der Waals surface area contributed by atoms with Gasteiger partial charge in [0.1, 0.15) is 29.3 Å². The van der Waals surface area contributed by atoms with Crippen LogP contribution in [0.3, 0.4) is 0 Å². The normalized spacial score (nSPS) is 16.1. The molecular weight excluding hydrogens is 530 g/mol. The summed E-state index contributed by atoms with van der Waals surface area (Å²) < 4.78 is 135. The van der Waals surface area contributed by atoms with Crippen LogP contribution >= 0.6 is 0 Å². The molecule has 1 atom stereocenters. The van der Waals surface area contributed by atoms with E-state index in [-0.39, 0.29) is 23.5 Å². The highest BCUT2D eigenvalue weighted by Crippen LogP contribution is 2.54. The fraction of sp³-hybridized carbons (Fsp3) is 0.263. The first-order valence-corrected chi connectivity index (χ1v) is 9.41. The maximum atomic E-state index is 14.5. The number of nitrogen functional groups attached to an aromatic ring is 2. The Morgan fingerprint density at radius 1 is 0.946 bits per heavy atom. The van der Waals surface area contributed by atoms with E-state index in [9.17, 15) is 49.2 Å². The first-order chi connectivity index (χ1) is 16.9. The average Bonchev–Trinajstić information content (AvgIpc) is 2.77. The number of guanidine groups is 1. The first kappa shape index (κ1) is 27.1. The molecule has 1 aromatic heterocycles. The van der Waals surface area contributed by atoms with E-state index in [4.69, 9.17) is 16.7 Å². The van der Waals surface area contributed by atoms with E-state index in [1.807, 2.05) is 5.32 Å². The molecule has 3 rings (SSSR count). The van der Waals surface area contributed by atoms with Gasteiger partial charge in [0.15, 0.2) is 6.19 Å². The second kappa shape index (κ2) is 8.57. The molecule has 0 saturated heterocycles. The Kier molecular flexibility index (Phi) is 6.28. The number of nitriles is 2. The summed E-state index contributed by atoms with van der Waals surface area (Å²) in [7, 11) is 0. The average molecular weight is 540 g/mol. The maximum absolute atomic E-state index is 14.5. The van der Waals surface area contributed by atoms with Crippen molar-refractivity contribution in [3.05, 3.63) is 46.0 Å². The lowest BCUT2D eigenvalue weighted by molar-refractivity contribution is -0.360. The van der Waals surface area contributed by atoms with E-state index in [1.165, 1.54) is 6.19 Å². The minimum atomic E-state index is -6.92. The van der Waals surface area contributed by atoms with Crippen molar-refractivity contribution >= 4 is 23.3 Å². The van der Waals surface area contributed by atoms with Crippen LogP contribution < -0.4 is 22.1 Å². The Bertz CT molecular complexity index is 1370.